The number of halogens is 1. The van der Waals surface area contributed by atoms with Crippen LogP contribution in [-0.4, -0.2) is 11.8 Å². The van der Waals surface area contributed by atoms with Gasteiger partial charge >= 0.3 is 0 Å². The van der Waals surface area contributed by atoms with Crippen molar-refractivity contribution in [2.75, 3.05) is 4.90 Å². The normalized spacial score (nSPS) is 37.5. The zero-order valence-electron chi connectivity index (χ0n) is 14.5. The Kier molecular flexibility index (Phi) is 3.35. The van der Waals surface area contributed by atoms with Gasteiger partial charge in [-0.25, -0.2) is 4.90 Å². The second-order valence-corrected chi connectivity index (χ2v) is 8.86. The van der Waals surface area contributed by atoms with E-state index in [2.05, 4.69) is 54.1 Å². The Balaban J connectivity index is 1.63. The molecular weight excluding hydrogens is 378 g/mol. The number of amides is 2. The molecule has 2 bridgehead atoms. The summed E-state index contributed by atoms with van der Waals surface area (Å²) < 4.78 is 1.02. The van der Waals surface area contributed by atoms with Crippen molar-refractivity contribution in [3.63, 3.8) is 0 Å². The van der Waals surface area contributed by atoms with Crippen LogP contribution in [0.4, 0.5) is 5.69 Å². The Hall–Kier alpha value is -1.42. The van der Waals surface area contributed by atoms with Crippen molar-refractivity contribution >= 4 is 33.4 Å². The molecule has 4 heteroatoms. The molecule has 2 amide bonds. The van der Waals surface area contributed by atoms with Gasteiger partial charge < -0.3 is 0 Å². The van der Waals surface area contributed by atoms with Crippen molar-refractivity contribution in [2.45, 2.75) is 33.1 Å². The minimum atomic E-state index is -0.121. The van der Waals surface area contributed by atoms with Crippen LogP contribution in [0.2, 0.25) is 0 Å². The van der Waals surface area contributed by atoms with Gasteiger partial charge in [0.25, 0.3) is 0 Å². The Morgan fingerprint density at radius 1 is 0.960 bits per heavy atom. The monoisotopic (exact) mass is 399 g/mol. The molecule has 0 N–H and O–H groups in total. The fourth-order valence-electron chi connectivity index (χ4n) is 5.72. The van der Waals surface area contributed by atoms with Gasteiger partial charge in [0, 0.05) is 4.47 Å². The summed E-state index contributed by atoms with van der Waals surface area (Å²) in [6, 6.07) is 4.11. The third-order valence-corrected chi connectivity index (χ3v) is 7.34. The maximum Gasteiger partial charge on any atom is 0.238 e. The minimum Gasteiger partial charge on any atom is -0.274 e. The minimum absolute atomic E-state index is 0.0476. The van der Waals surface area contributed by atoms with Crippen molar-refractivity contribution in [3.05, 3.63) is 39.9 Å². The van der Waals surface area contributed by atoms with E-state index < -0.39 is 0 Å². The van der Waals surface area contributed by atoms with E-state index in [1.165, 1.54) is 6.42 Å². The predicted molar refractivity (Wildman–Crippen MR) is 100 cm³/mol. The van der Waals surface area contributed by atoms with Crippen molar-refractivity contribution in [2.24, 2.45) is 35.5 Å². The fraction of sp³-hybridized carbons (Fsp3) is 0.524. The fourth-order valence-corrected chi connectivity index (χ4v) is 6.27. The Labute approximate surface area is 156 Å². The lowest BCUT2D eigenvalue weighted by atomic mass is 9.63. The number of allylic oxidation sites excluding steroid dienone is 2. The lowest BCUT2D eigenvalue weighted by Gasteiger charge is -2.37. The highest BCUT2D eigenvalue weighted by Gasteiger charge is 2.67. The first kappa shape index (κ1) is 15.8. The molecule has 25 heavy (non-hydrogen) atoms. The number of rotatable bonds is 3. The molecule has 4 aliphatic carbocycles. The topological polar surface area (TPSA) is 37.4 Å². The first-order valence-corrected chi connectivity index (χ1v) is 10.2. The summed E-state index contributed by atoms with van der Waals surface area (Å²) in [5, 5.41) is 0. The first-order chi connectivity index (χ1) is 12.1. The second kappa shape index (κ2) is 5.29. The molecule has 0 spiro atoms. The van der Waals surface area contributed by atoms with E-state index in [0.717, 1.165) is 34.1 Å². The van der Waals surface area contributed by atoms with E-state index in [4.69, 9.17) is 0 Å². The number of nitrogens with zero attached hydrogens (tertiary/aromatic N) is 1. The van der Waals surface area contributed by atoms with Gasteiger partial charge in [0.1, 0.15) is 0 Å². The van der Waals surface area contributed by atoms with Crippen LogP contribution in [-0.2, 0) is 22.4 Å². The molecule has 5 aliphatic rings. The number of aryl methyl sites for hydroxylation is 2. The van der Waals surface area contributed by atoms with Crippen LogP contribution in [0.15, 0.2) is 28.8 Å². The summed E-state index contributed by atoms with van der Waals surface area (Å²) >= 11 is 3.57. The van der Waals surface area contributed by atoms with Gasteiger partial charge in [0.15, 0.2) is 0 Å². The maximum atomic E-state index is 13.4. The highest BCUT2D eigenvalue weighted by atomic mass is 79.9. The van der Waals surface area contributed by atoms with E-state index in [9.17, 15) is 9.59 Å². The van der Waals surface area contributed by atoms with Crippen LogP contribution in [0.3, 0.4) is 0 Å². The molecule has 3 nitrogen and oxygen atoms in total. The molecule has 1 aromatic rings. The zero-order chi connectivity index (χ0) is 17.5. The molecule has 1 saturated heterocycles. The van der Waals surface area contributed by atoms with Gasteiger partial charge in [0.2, 0.25) is 11.8 Å². The van der Waals surface area contributed by atoms with E-state index in [-0.39, 0.29) is 35.5 Å². The van der Waals surface area contributed by atoms with Gasteiger partial charge in [-0.1, -0.05) is 41.9 Å². The van der Waals surface area contributed by atoms with Gasteiger partial charge in [-0.3, -0.25) is 9.59 Å². The van der Waals surface area contributed by atoms with Crippen LogP contribution < -0.4 is 4.90 Å². The zero-order valence-corrected chi connectivity index (χ0v) is 16.1. The van der Waals surface area contributed by atoms with Crippen molar-refractivity contribution in [1.29, 1.82) is 0 Å². The summed E-state index contributed by atoms with van der Waals surface area (Å²) in [7, 11) is 0. The summed E-state index contributed by atoms with van der Waals surface area (Å²) in [5.74, 6) is 1.72. The van der Waals surface area contributed by atoms with E-state index in [1.807, 2.05) is 0 Å². The number of benzene rings is 1. The Morgan fingerprint density at radius 2 is 1.44 bits per heavy atom. The number of carbonyl (C=O) groups excluding carboxylic acids is 2. The molecule has 1 heterocycles. The number of carbonyl (C=O) groups is 2. The molecular formula is C21H22BrNO2. The summed E-state index contributed by atoms with van der Waals surface area (Å²) in [4.78, 5) is 28.3. The van der Waals surface area contributed by atoms with E-state index in [1.54, 1.807) is 4.90 Å². The Morgan fingerprint density at radius 3 is 1.88 bits per heavy atom. The van der Waals surface area contributed by atoms with Crippen LogP contribution >= 0.6 is 15.9 Å². The standard InChI is InChI=1S/C21H22BrNO2/c1-3-10-7-12(22)8-11(4-2)19(10)23-20(24)17-13-5-6-14(16-9-15(13)16)18(17)21(23)25/h5-8,13-18H,3-4,9H2,1-2H3/t13-,14+,15-,16-,17+,18-/m1/s1. The maximum absolute atomic E-state index is 13.4. The first-order valence-electron chi connectivity index (χ1n) is 9.44. The molecule has 0 unspecified atom stereocenters. The Bertz CT molecular complexity index is 768. The lowest BCUT2D eigenvalue weighted by molar-refractivity contribution is -0.124. The third kappa shape index (κ3) is 1.98. The van der Waals surface area contributed by atoms with Gasteiger partial charge in [0.05, 0.1) is 17.5 Å². The van der Waals surface area contributed by atoms with E-state index >= 15 is 0 Å². The molecule has 0 radical (unpaired) electrons. The lowest BCUT2D eigenvalue weighted by Crippen LogP contribution is -2.40. The molecule has 6 atom stereocenters. The third-order valence-electron chi connectivity index (χ3n) is 6.88. The SMILES string of the molecule is CCc1cc(Br)cc(CC)c1N1C(=O)[C@@H]2[C@H]3C=C[C@H]([C@H]4C[C@H]34)[C@@H]2C1=O. The largest absolute Gasteiger partial charge is 0.274 e. The highest BCUT2D eigenvalue weighted by Crippen LogP contribution is 2.65. The summed E-state index contributed by atoms with van der Waals surface area (Å²) in [6.07, 6.45) is 7.29. The molecule has 2 saturated carbocycles. The van der Waals surface area contributed by atoms with Gasteiger partial charge in [-0.05, 0) is 66.2 Å². The second-order valence-electron chi connectivity index (χ2n) is 7.95. The van der Waals surface area contributed by atoms with Crippen LogP contribution in [0.5, 0.6) is 0 Å². The van der Waals surface area contributed by atoms with Crippen LogP contribution in [0.1, 0.15) is 31.4 Å². The van der Waals surface area contributed by atoms with Gasteiger partial charge in [-0.15, -0.1) is 0 Å². The molecule has 1 aromatic carbocycles. The summed E-state index contributed by atoms with van der Waals surface area (Å²) in [6.45, 7) is 4.17. The van der Waals surface area contributed by atoms with Crippen LogP contribution in [0, 0.1) is 35.5 Å². The number of hydrogen-bond donors (Lipinski definition) is 0. The average molecular weight is 400 g/mol. The number of imide groups is 1. The quantitative estimate of drug-likeness (QED) is 0.565. The van der Waals surface area contributed by atoms with Crippen LogP contribution in [0.25, 0.3) is 0 Å². The molecule has 1 aliphatic heterocycles. The highest BCUT2D eigenvalue weighted by molar-refractivity contribution is 9.10. The number of anilines is 1. The summed E-state index contributed by atoms with van der Waals surface area (Å²) in [5.41, 5.74) is 3.03. The van der Waals surface area contributed by atoms with Gasteiger partial charge in [-0.2, -0.15) is 0 Å². The van der Waals surface area contributed by atoms with Crippen molar-refractivity contribution in [1.82, 2.24) is 0 Å². The molecule has 130 valence electrons. The predicted octanol–water partition coefficient (Wildman–Crippen LogP) is 4.13. The molecule has 0 aromatic heterocycles. The van der Waals surface area contributed by atoms with Crippen molar-refractivity contribution < 1.29 is 9.59 Å². The number of hydrogen-bond acceptors (Lipinski definition) is 2. The average Bonchev–Trinajstić information content (AvgIpc) is 3.39. The van der Waals surface area contributed by atoms with E-state index in [0.29, 0.717) is 11.8 Å². The smallest absolute Gasteiger partial charge is 0.238 e. The molecule has 3 fully saturated rings. The van der Waals surface area contributed by atoms with Crippen molar-refractivity contribution in [3.8, 4) is 0 Å². The molecule has 6 rings (SSSR count).